The lowest BCUT2D eigenvalue weighted by Gasteiger charge is -2.26. The maximum atomic E-state index is 6.03. The van der Waals surface area contributed by atoms with E-state index in [1.807, 2.05) is 0 Å². The van der Waals surface area contributed by atoms with Crippen molar-refractivity contribution in [3.63, 3.8) is 0 Å². The summed E-state index contributed by atoms with van der Waals surface area (Å²) in [5, 5.41) is 3.54. The van der Waals surface area contributed by atoms with Gasteiger partial charge >= 0.3 is 0 Å². The Balaban J connectivity index is 1.68. The van der Waals surface area contributed by atoms with Gasteiger partial charge < -0.3 is 14.6 Å². The van der Waals surface area contributed by atoms with Gasteiger partial charge in [0.25, 0.3) is 0 Å². The van der Waals surface area contributed by atoms with E-state index in [2.05, 4.69) is 22.3 Å². The van der Waals surface area contributed by atoms with Crippen molar-refractivity contribution in [1.29, 1.82) is 0 Å². The molecule has 3 heterocycles. The molecular formula is C14H22N2O. The molecule has 0 aliphatic carbocycles. The molecule has 0 bridgehead atoms. The molecule has 1 aromatic rings. The van der Waals surface area contributed by atoms with E-state index in [0.29, 0.717) is 6.04 Å². The van der Waals surface area contributed by atoms with Gasteiger partial charge in [-0.1, -0.05) is 6.42 Å². The molecule has 0 aromatic carbocycles. The Kier molecular flexibility index (Phi) is 3.36. The first-order chi connectivity index (χ1) is 8.43. The molecule has 17 heavy (non-hydrogen) atoms. The van der Waals surface area contributed by atoms with Crippen LogP contribution in [0.5, 0.6) is 0 Å². The highest BCUT2D eigenvalue weighted by atomic mass is 16.4. The van der Waals surface area contributed by atoms with Gasteiger partial charge in [-0.05, 0) is 44.7 Å². The van der Waals surface area contributed by atoms with Gasteiger partial charge in [0.05, 0.1) is 6.04 Å². The second kappa shape index (κ2) is 5.13. The van der Waals surface area contributed by atoms with Gasteiger partial charge in [-0.25, -0.2) is 0 Å². The summed E-state index contributed by atoms with van der Waals surface area (Å²) in [6.45, 7) is 3.44. The topological polar surface area (TPSA) is 28.4 Å². The van der Waals surface area contributed by atoms with Gasteiger partial charge in [0.1, 0.15) is 5.76 Å². The quantitative estimate of drug-likeness (QED) is 0.852. The SMILES string of the molecule is c1cc(N2CCCCC2)oc1[C@@H]1CCCCN1. The first kappa shape index (κ1) is 11.1. The van der Waals surface area contributed by atoms with Crippen molar-refractivity contribution in [2.24, 2.45) is 0 Å². The summed E-state index contributed by atoms with van der Waals surface area (Å²) < 4.78 is 6.03. The number of hydrogen-bond acceptors (Lipinski definition) is 3. The van der Waals surface area contributed by atoms with E-state index in [-0.39, 0.29) is 0 Å². The van der Waals surface area contributed by atoms with Gasteiger partial charge in [-0.3, -0.25) is 0 Å². The number of rotatable bonds is 2. The van der Waals surface area contributed by atoms with Gasteiger partial charge in [0, 0.05) is 19.2 Å². The molecule has 0 radical (unpaired) electrons. The zero-order chi connectivity index (χ0) is 11.5. The Bertz CT molecular complexity index is 316. The highest BCUT2D eigenvalue weighted by Gasteiger charge is 2.20. The number of hydrogen-bond donors (Lipinski definition) is 1. The monoisotopic (exact) mass is 234 g/mol. The van der Waals surface area contributed by atoms with Crippen LogP contribution in [-0.4, -0.2) is 19.6 Å². The van der Waals surface area contributed by atoms with Crippen molar-refractivity contribution < 1.29 is 4.42 Å². The van der Waals surface area contributed by atoms with Crippen LogP contribution in [0.3, 0.4) is 0 Å². The number of piperidine rings is 2. The largest absolute Gasteiger partial charge is 0.444 e. The van der Waals surface area contributed by atoms with Crippen LogP contribution in [0.4, 0.5) is 5.88 Å². The van der Waals surface area contributed by atoms with E-state index in [1.165, 1.54) is 38.5 Å². The smallest absolute Gasteiger partial charge is 0.195 e. The van der Waals surface area contributed by atoms with Crippen LogP contribution in [0.15, 0.2) is 16.5 Å². The minimum absolute atomic E-state index is 0.447. The molecule has 2 aliphatic heterocycles. The van der Waals surface area contributed by atoms with Crippen LogP contribution >= 0.6 is 0 Å². The van der Waals surface area contributed by atoms with Crippen molar-refractivity contribution in [3.05, 3.63) is 17.9 Å². The summed E-state index contributed by atoms with van der Waals surface area (Å²) in [4.78, 5) is 2.38. The van der Waals surface area contributed by atoms with Crippen molar-refractivity contribution in [2.45, 2.75) is 44.6 Å². The minimum atomic E-state index is 0.447. The average Bonchev–Trinajstić information content (AvgIpc) is 2.90. The average molecular weight is 234 g/mol. The molecule has 3 heteroatoms. The number of furan rings is 1. The lowest BCUT2D eigenvalue weighted by molar-refractivity contribution is 0.347. The van der Waals surface area contributed by atoms with Crippen LogP contribution in [0.2, 0.25) is 0 Å². The van der Waals surface area contributed by atoms with Crippen molar-refractivity contribution in [1.82, 2.24) is 5.32 Å². The minimum Gasteiger partial charge on any atom is -0.444 e. The highest BCUT2D eigenvalue weighted by molar-refractivity contribution is 5.37. The summed E-state index contributed by atoms with van der Waals surface area (Å²) >= 11 is 0. The van der Waals surface area contributed by atoms with E-state index in [9.17, 15) is 0 Å². The highest BCUT2D eigenvalue weighted by Crippen LogP contribution is 2.29. The van der Waals surface area contributed by atoms with Crippen LogP contribution in [-0.2, 0) is 0 Å². The van der Waals surface area contributed by atoms with Crippen LogP contribution in [0.25, 0.3) is 0 Å². The third-order valence-corrected chi connectivity index (χ3v) is 3.93. The fraction of sp³-hybridized carbons (Fsp3) is 0.714. The maximum absolute atomic E-state index is 6.03. The number of anilines is 1. The molecule has 2 saturated heterocycles. The summed E-state index contributed by atoms with van der Waals surface area (Å²) in [5.74, 6) is 2.21. The second-order valence-electron chi connectivity index (χ2n) is 5.23. The standard InChI is InChI=1S/C14H22N2O/c1-4-10-16(11-5-1)14-8-7-13(17-14)12-6-2-3-9-15-12/h7-8,12,15H,1-6,9-11H2/t12-/m0/s1. The summed E-state index contributed by atoms with van der Waals surface area (Å²) in [5.41, 5.74) is 0. The van der Waals surface area contributed by atoms with Gasteiger partial charge in [-0.2, -0.15) is 0 Å². The van der Waals surface area contributed by atoms with E-state index in [0.717, 1.165) is 31.3 Å². The van der Waals surface area contributed by atoms with E-state index < -0.39 is 0 Å². The van der Waals surface area contributed by atoms with Crippen molar-refractivity contribution >= 4 is 5.88 Å². The van der Waals surface area contributed by atoms with Crippen molar-refractivity contribution in [2.75, 3.05) is 24.5 Å². The molecular weight excluding hydrogens is 212 g/mol. The fourth-order valence-electron chi connectivity index (χ4n) is 2.91. The van der Waals surface area contributed by atoms with Gasteiger partial charge in [-0.15, -0.1) is 0 Å². The van der Waals surface area contributed by atoms with Crippen molar-refractivity contribution in [3.8, 4) is 0 Å². The van der Waals surface area contributed by atoms with Crippen LogP contribution in [0, 0.1) is 0 Å². The van der Waals surface area contributed by atoms with Gasteiger partial charge in [0.2, 0.25) is 0 Å². The molecule has 0 amide bonds. The summed E-state index contributed by atoms with van der Waals surface area (Å²) in [6, 6.07) is 4.76. The lowest BCUT2D eigenvalue weighted by Crippen LogP contribution is -2.29. The van der Waals surface area contributed by atoms with E-state index in [1.54, 1.807) is 0 Å². The molecule has 0 saturated carbocycles. The van der Waals surface area contributed by atoms with E-state index >= 15 is 0 Å². The molecule has 0 unspecified atom stereocenters. The lowest BCUT2D eigenvalue weighted by atomic mass is 10.0. The second-order valence-corrected chi connectivity index (χ2v) is 5.23. The Labute approximate surface area is 103 Å². The molecule has 3 rings (SSSR count). The summed E-state index contributed by atoms with van der Waals surface area (Å²) in [6.07, 6.45) is 7.81. The Morgan fingerprint density at radius 2 is 1.94 bits per heavy atom. The molecule has 1 aromatic heterocycles. The normalized spacial score (nSPS) is 26.1. The zero-order valence-corrected chi connectivity index (χ0v) is 10.5. The molecule has 2 fully saturated rings. The first-order valence-corrected chi connectivity index (χ1v) is 7.01. The third kappa shape index (κ3) is 2.49. The predicted octanol–water partition coefficient (Wildman–Crippen LogP) is 3.08. The van der Waals surface area contributed by atoms with Crippen LogP contribution in [0.1, 0.15) is 50.3 Å². The molecule has 2 aliphatic rings. The predicted molar refractivity (Wildman–Crippen MR) is 69.4 cm³/mol. The third-order valence-electron chi connectivity index (χ3n) is 3.93. The Morgan fingerprint density at radius 3 is 2.71 bits per heavy atom. The first-order valence-electron chi connectivity index (χ1n) is 7.01. The molecule has 3 nitrogen and oxygen atoms in total. The molecule has 0 spiro atoms. The zero-order valence-electron chi connectivity index (χ0n) is 10.5. The van der Waals surface area contributed by atoms with Crippen LogP contribution < -0.4 is 10.2 Å². The Hall–Kier alpha value is -0.960. The van der Waals surface area contributed by atoms with Gasteiger partial charge in [0.15, 0.2) is 5.88 Å². The van der Waals surface area contributed by atoms with E-state index in [4.69, 9.17) is 4.42 Å². The molecule has 1 N–H and O–H groups in total. The fourth-order valence-corrected chi connectivity index (χ4v) is 2.91. The number of nitrogens with zero attached hydrogens (tertiary/aromatic N) is 1. The maximum Gasteiger partial charge on any atom is 0.195 e. The summed E-state index contributed by atoms with van der Waals surface area (Å²) in [7, 11) is 0. The molecule has 1 atom stereocenters. The molecule has 94 valence electrons. The number of nitrogens with one attached hydrogen (secondary N) is 1. The Morgan fingerprint density at radius 1 is 1.06 bits per heavy atom.